The van der Waals surface area contributed by atoms with Crippen LogP contribution in [0.15, 0.2) is 35.6 Å². The van der Waals surface area contributed by atoms with Gasteiger partial charge in [0, 0.05) is 18.2 Å². The summed E-state index contributed by atoms with van der Waals surface area (Å²) in [5, 5.41) is 19.9. The first-order chi connectivity index (χ1) is 12.4. The number of hydrogen-bond acceptors (Lipinski definition) is 7. The molecule has 1 saturated heterocycles. The van der Waals surface area contributed by atoms with Crippen molar-refractivity contribution in [3.05, 3.63) is 41.9 Å². The minimum Gasteiger partial charge on any atom is -0.491 e. The third kappa shape index (κ3) is 2.83. The summed E-state index contributed by atoms with van der Waals surface area (Å²) in [5.41, 5.74) is 3.43. The standard InChI is InChI=1S/C19H22N4O3/c1-10(2)26-12-4-5-14-13(6-12)18(22-14)15-7-17(21-9-20-15)23-8-16(24)19(25)11(23)3/h4-7,9-11,16,19,24-25H,8H2,1-3H3. The van der Waals surface area contributed by atoms with Gasteiger partial charge in [0.05, 0.1) is 35.3 Å². The lowest BCUT2D eigenvalue weighted by Gasteiger charge is -2.24. The first-order valence-corrected chi connectivity index (χ1v) is 8.79. The Bertz CT molecular complexity index is 868. The third-order valence-electron chi connectivity index (χ3n) is 4.78. The second kappa shape index (κ2) is 6.34. The zero-order valence-electron chi connectivity index (χ0n) is 15.0. The van der Waals surface area contributed by atoms with Crippen LogP contribution in [0.5, 0.6) is 5.75 Å². The van der Waals surface area contributed by atoms with E-state index >= 15 is 0 Å². The van der Waals surface area contributed by atoms with Crippen molar-refractivity contribution < 1.29 is 14.9 Å². The quantitative estimate of drug-likeness (QED) is 0.741. The molecule has 2 N–H and O–H groups in total. The lowest BCUT2D eigenvalue weighted by atomic mass is 9.99. The smallest absolute Gasteiger partial charge is 0.133 e. The number of nitrogens with zero attached hydrogens (tertiary/aromatic N) is 4. The van der Waals surface area contributed by atoms with Gasteiger partial charge in [-0.15, -0.1) is 0 Å². The van der Waals surface area contributed by atoms with Crippen LogP contribution in [-0.4, -0.2) is 56.8 Å². The third-order valence-corrected chi connectivity index (χ3v) is 4.78. The molecule has 4 rings (SSSR count). The van der Waals surface area contributed by atoms with E-state index in [1.165, 1.54) is 6.33 Å². The highest BCUT2D eigenvalue weighted by Crippen LogP contribution is 2.36. The molecule has 2 aliphatic rings. The highest BCUT2D eigenvalue weighted by Gasteiger charge is 2.37. The summed E-state index contributed by atoms with van der Waals surface area (Å²) in [7, 11) is 0. The highest BCUT2D eigenvalue weighted by molar-refractivity contribution is 6.21. The Balaban J connectivity index is 1.61. The molecule has 7 heteroatoms. The van der Waals surface area contributed by atoms with E-state index in [1.54, 1.807) is 0 Å². The molecule has 2 aliphatic heterocycles. The molecule has 1 aromatic heterocycles. The van der Waals surface area contributed by atoms with Crippen LogP contribution in [0, 0.1) is 0 Å². The Morgan fingerprint density at radius 2 is 2.00 bits per heavy atom. The molecule has 0 spiro atoms. The Morgan fingerprint density at radius 1 is 1.19 bits per heavy atom. The largest absolute Gasteiger partial charge is 0.491 e. The van der Waals surface area contributed by atoms with Gasteiger partial charge in [-0.1, -0.05) is 0 Å². The van der Waals surface area contributed by atoms with Crippen molar-refractivity contribution in [1.29, 1.82) is 0 Å². The van der Waals surface area contributed by atoms with Gasteiger partial charge < -0.3 is 19.8 Å². The summed E-state index contributed by atoms with van der Waals surface area (Å²) in [5.74, 6) is 1.48. The van der Waals surface area contributed by atoms with E-state index < -0.39 is 12.2 Å². The second-order valence-electron chi connectivity index (χ2n) is 7.02. The van der Waals surface area contributed by atoms with E-state index in [1.807, 2.05) is 49.9 Å². The summed E-state index contributed by atoms with van der Waals surface area (Å²) in [6.45, 7) is 6.19. The SMILES string of the molecule is CC(C)Oc1ccc2c(c1)C(c1cc(N3CC(O)C(O)C3C)ncn1)=N2. The molecule has 0 bridgehead atoms. The summed E-state index contributed by atoms with van der Waals surface area (Å²) < 4.78 is 5.76. The van der Waals surface area contributed by atoms with Crippen molar-refractivity contribution in [2.24, 2.45) is 4.99 Å². The van der Waals surface area contributed by atoms with E-state index in [0.29, 0.717) is 18.1 Å². The monoisotopic (exact) mass is 354 g/mol. The predicted octanol–water partition coefficient (Wildman–Crippen LogP) is 1.68. The van der Waals surface area contributed by atoms with Crippen LogP contribution in [-0.2, 0) is 0 Å². The average molecular weight is 354 g/mol. The van der Waals surface area contributed by atoms with Crippen LogP contribution in [0.3, 0.4) is 0 Å². The number of aliphatic hydroxyl groups excluding tert-OH is 2. The van der Waals surface area contributed by atoms with Gasteiger partial charge in [-0.05, 0) is 39.0 Å². The van der Waals surface area contributed by atoms with E-state index in [2.05, 4.69) is 15.0 Å². The number of hydrogen-bond donors (Lipinski definition) is 2. The minimum absolute atomic E-state index is 0.105. The number of fused-ring (bicyclic) bond motifs is 1. The van der Waals surface area contributed by atoms with E-state index in [-0.39, 0.29) is 12.1 Å². The van der Waals surface area contributed by atoms with E-state index in [4.69, 9.17) is 4.74 Å². The maximum Gasteiger partial charge on any atom is 0.133 e. The number of β-amino-alcohol motifs (C(OH)–C–C–N with tert-alkyl or cyclic N) is 1. The Kier molecular flexibility index (Phi) is 4.13. The van der Waals surface area contributed by atoms with Gasteiger partial charge in [-0.25, -0.2) is 15.0 Å². The number of aliphatic imine (C=N–C) groups is 1. The molecule has 26 heavy (non-hydrogen) atoms. The summed E-state index contributed by atoms with van der Waals surface area (Å²) in [4.78, 5) is 15.1. The Hall–Kier alpha value is -2.51. The zero-order valence-corrected chi connectivity index (χ0v) is 15.0. The summed E-state index contributed by atoms with van der Waals surface area (Å²) in [6.07, 6.45) is 0.0317. The molecule has 0 amide bonds. The molecule has 0 aliphatic carbocycles. The predicted molar refractivity (Wildman–Crippen MR) is 98.4 cm³/mol. The maximum absolute atomic E-state index is 9.99. The van der Waals surface area contributed by atoms with Crippen LogP contribution in [0.25, 0.3) is 0 Å². The van der Waals surface area contributed by atoms with Crippen molar-refractivity contribution in [3.8, 4) is 5.75 Å². The minimum atomic E-state index is -0.786. The lowest BCUT2D eigenvalue weighted by Crippen LogP contribution is -2.33. The topological polar surface area (TPSA) is 91.1 Å². The highest BCUT2D eigenvalue weighted by atomic mass is 16.5. The summed E-state index contributed by atoms with van der Waals surface area (Å²) >= 11 is 0. The van der Waals surface area contributed by atoms with Crippen molar-refractivity contribution in [2.45, 2.75) is 45.1 Å². The van der Waals surface area contributed by atoms with Gasteiger partial charge >= 0.3 is 0 Å². The van der Waals surface area contributed by atoms with Crippen LogP contribution in [0.1, 0.15) is 32.0 Å². The number of rotatable bonds is 4. The fourth-order valence-corrected chi connectivity index (χ4v) is 3.39. The van der Waals surface area contributed by atoms with Crippen molar-refractivity contribution in [2.75, 3.05) is 11.4 Å². The Labute approximate surface area is 152 Å². The van der Waals surface area contributed by atoms with Gasteiger partial charge in [-0.2, -0.15) is 0 Å². The normalized spacial score (nSPS) is 24.3. The molecular weight excluding hydrogens is 332 g/mol. The number of ether oxygens (including phenoxy) is 1. The second-order valence-corrected chi connectivity index (χ2v) is 7.02. The van der Waals surface area contributed by atoms with Crippen LogP contribution in [0.2, 0.25) is 0 Å². The maximum atomic E-state index is 9.99. The van der Waals surface area contributed by atoms with Crippen molar-refractivity contribution in [1.82, 2.24) is 9.97 Å². The fourth-order valence-electron chi connectivity index (χ4n) is 3.39. The molecule has 0 saturated carbocycles. The van der Waals surface area contributed by atoms with Gasteiger partial charge in [0.1, 0.15) is 24.0 Å². The average Bonchev–Trinajstić information content (AvgIpc) is 2.85. The molecule has 136 valence electrons. The van der Waals surface area contributed by atoms with E-state index in [9.17, 15) is 10.2 Å². The molecular formula is C19H22N4O3. The first-order valence-electron chi connectivity index (χ1n) is 8.79. The number of benzene rings is 1. The molecule has 2 aromatic rings. The van der Waals surface area contributed by atoms with Crippen molar-refractivity contribution >= 4 is 17.2 Å². The molecule has 3 unspecified atom stereocenters. The van der Waals surface area contributed by atoms with Gasteiger partial charge in [0.25, 0.3) is 0 Å². The molecule has 1 aromatic carbocycles. The molecule has 1 fully saturated rings. The van der Waals surface area contributed by atoms with Crippen molar-refractivity contribution in [3.63, 3.8) is 0 Å². The molecule has 3 atom stereocenters. The van der Waals surface area contributed by atoms with Gasteiger partial charge in [0.2, 0.25) is 0 Å². The van der Waals surface area contributed by atoms with Gasteiger partial charge in [0.15, 0.2) is 0 Å². The Morgan fingerprint density at radius 3 is 2.69 bits per heavy atom. The van der Waals surface area contributed by atoms with Crippen LogP contribution in [0.4, 0.5) is 11.5 Å². The summed E-state index contributed by atoms with van der Waals surface area (Å²) in [6, 6.07) is 7.46. The van der Waals surface area contributed by atoms with Crippen LogP contribution >= 0.6 is 0 Å². The first kappa shape index (κ1) is 16.9. The number of anilines is 1. The molecule has 3 heterocycles. The lowest BCUT2D eigenvalue weighted by molar-refractivity contribution is 0.0438. The number of aromatic nitrogens is 2. The van der Waals surface area contributed by atoms with Crippen LogP contribution < -0.4 is 9.64 Å². The van der Waals surface area contributed by atoms with Gasteiger partial charge in [-0.3, -0.25) is 0 Å². The number of aliphatic hydroxyl groups is 2. The van der Waals surface area contributed by atoms with E-state index in [0.717, 1.165) is 22.7 Å². The zero-order chi connectivity index (χ0) is 18.4. The molecule has 0 radical (unpaired) electrons. The molecule has 7 nitrogen and oxygen atoms in total. The fraction of sp³-hybridized carbons (Fsp3) is 0.421.